The molecule has 0 bridgehead atoms. The summed E-state index contributed by atoms with van der Waals surface area (Å²) in [6.45, 7) is 1.79. The van der Waals surface area contributed by atoms with Gasteiger partial charge in [0, 0.05) is 11.8 Å². The minimum Gasteiger partial charge on any atom is -0.507 e. The van der Waals surface area contributed by atoms with Crippen LogP contribution in [0, 0.1) is 6.92 Å². The second kappa shape index (κ2) is 9.15. The summed E-state index contributed by atoms with van der Waals surface area (Å²) in [5, 5.41) is 11.6. The molecule has 0 spiro atoms. The Morgan fingerprint density at radius 3 is 2.38 bits per heavy atom. The normalized spacial score (nSPS) is 17.2. The standard InChI is InChI=1S/C25H22ClNO7/c1-13-10-15(24(33-4)16(26)11-13)22(28)20-21(18-6-5-9-34-18)27(25(30)23(20)29)14-7-8-17(31-2)19(12-14)32-3/h5-12,21,28H,1-4H3/b22-20-. The highest BCUT2D eigenvalue weighted by Crippen LogP contribution is 2.45. The van der Waals surface area contributed by atoms with Crippen LogP contribution in [0.3, 0.4) is 0 Å². The molecular formula is C25H22ClNO7. The van der Waals surface area contributed by atoms with Gasteiger partial charge in [-0.1, -0.05) is 11.6 Å². The second-order valence-electron chi connectivity index (χ2n) is 7.55. The number of benzene rings is 2. The highest BCUT2D eigenvalue weighted by Gasteiger charge is 2.48. The maximum Gasteiger partial charge on any atom is 0.300 e. The molecule has 1 aromatic heterocycles. The van der Waals surface area contributed by atoms with Crippen LogP contribution >= 0.6 is 11.6 Å². The number of hydrogen-bond donors (Lipinski definition) is 1. The Bertz CT molecular complexity index is 1300. The lowest BCUT2D eigenvalue weighted by atomic mass is 9.97. The van der Waals surface area contributed by atoms with Gasteiger partial charge < -0.3 is 23.7 Å². The summed E-state index contributed by atoms with van der Waals surface area (Å²) in [5.74, 6) is -0.858. The average molecular weight is 484 g/mol. The third-order valence-corrected chi connectivity index (χ3v) is 5.83. The Balaban J connectivity index is 1.97. The molecule has 4 rings (SSSR count). The van der Waals surface area contributed by atoms with Gasteiger partial charge in [0.1, 0.15) is 23.3 Å². The Hall–Kier alpha value is -3.91. The van der Waals surface area contributed by atoms with Crippen LogP contribution in [0.15, 0.2) is 58.7 Å². The van der Waals surface area contributed by atoms with Gasteiger partial charge in [-0.15, -0.1) is 0 Å². The van der Waals surface area contributed by atoms with E-state index < -0.39 is 23.5 Å². The van der Waals surface area contributed by atoms with Gasteiger partial charge in [-0.25, -0.2) is 0 Å². The first-order valence-corrected chi connectivity index (χ1v) is 10.6. The number of rotatable bonds is 6. The smallest absolute Gasteiger partial charge is 0.300 e. The van der Waals surface area contributed by atoms with Crippen molar-refractivity contribution >= 4 is 34.7 Å². The first-order valence-electron chi connectivity index (χ1n) is 10.2. The zero-order chi connectivity index (χ0) is 24.6. The predicted molar refractivity (Wildman–Crippen MR) is 126 cm³/mol. The van der Waals surface area contributed by atoms with Gasteiger partial charge in [0.15, 0.2) is 11.5 Å². The molecule has 1 aliphatic heterocycles. The monoisotopic (exact) mass is 483 g/mol. The Morgan fingerprint density at radius 1 is 1.03 bits per heavy atom. The molecule has 3 aromatic rings. The number of nitrogens with zero attached hydrogens (tertiary/aromatic N) is 1. The number of halogens is 1. The van der Waals surface area contributed by atoms with Gasteiger partial charge >= 0.3 is 0 Å². The number of hydrogen-bond acceptors (Lipinski definition) is 7. The van der Waals surface area contributed by atoms with Gasteiger partial charge in [0.2, 0.25) is 0 Å². The van der Waals surface area contributed by atoms with E-state index in [1.54, 1.807) is 49.4 Å². The van der Waals surface area contributed by atoms with E-state index >= 15 is 0 Å². The van der Waals surface area contributed by atoms with Crippen LogP contribution in [0.4, 0.5) is 5.69 Å². The van der Waals surface area contributed by atoms with Gasteiger partial charge in [-0.3, -0.25) is 14.5 Å². The van der Waals surface area contributed by atoms with E-state index in [-0.39, 0.29) is 27.7 Å². The molecule has 8 nitrogen and oxygen atoms in total. The molecule has 176 valence electrons. The fourth-order valence-corrected chi connectivity index (χ4v) is 4.40. The van der Waals surface area contributed by atoms with E-state index in [4.69, 9.17) is 30.2 Å². The number of furan rings is 1. The number of carbonyl (C=O) groups is 2. The zero-order valence-corrected chi connectivity index (χ0v) is 19.7. The molecule has 0 radical (unpaired) electrons. The van der Waals surface area contributed by atoms with Gasteiger partial charge in [0.05, 0.1) is 43.8 Å². The molecular weight excluding hydrogens is 462 g/mol. The molecule has 9 heteroatoms. The third kappa shape index (κ3) is 3.76. The van der Waals surface area contributed by atoms with Gasteiger partial charge in [-0.05, 0) is 48.9 Å². The molecule has 1 N–H and O–H groups in total. The molecule has 1 aliphatic rings. The Labute approximate surface area is 200 Å². The summed E-state index contributed by atoms with van der Waals surface area (Å²) in [6.07, 6.45) is 1.42. The number of aliphatic hydroxyl groups is 1. The predicted octanol–water partition coefficient (Wildman–Crippen LogP) is 4.89. The molecule has 1 unspecified atom stereocenters. The molecule has 1 saturated heterocycles. The number of amides is 1. The number of anilines is 1. The fourth-order valence-electron chi connectivity index (χ4n) is 4.05. The van der Waals surface area contributed by atoms with Gasteiger partial charge in [0.25, 0.3) is 11.7 Å². The Morgan fingerprint density at radius 2 is 1.76 bits per heavy atom. The highest BCUT2D eigenvalue weighted by atomic mass is 35.5. The molecule has 0 saturated carbocycles. The fraction of sp³-hybridized carbons (Fsp3) is 0.200. The molecule has 34 heavy (non-hydrogen) atoms. The van der Waals surface area contributed by atoms with Crippen molar-refractivity contribution in [2.75, 3.05) is 26.2 Å². The van der Waals surface area contributed by atoms with Crippen molar-refractivity contribution in [1.29, 1.82) is 0 Å². The topological polar surface area (TPSA) is 98.4 Å². The first kappa shape index (κ1) is 23.3. The second-order valence-corrected chi connectivity index (χ2v) is 7.96. The van der Waals surface area contributed by atoms with Crippen molar-refractivity contribution in [3.63, 3.8) is 0 Å². The van der Waals surface area contributed by atoms with Crippen LogP contribution in [0.2, 0.25) is 5.02 Å². The zero-order valence-electron chi connectivity index (χ0n) is 18.9. The van der Waals surface area contributed by atoms with E-state index in [0.717, 1.165) is 5.56 Å². The first-order chi connectivity index (χ1) is 16.3. The SMILES string of the molecule is COc1ccc(N2C(=O)C(=O)/C(=C(\O)c3cc(C)cc(Cl)c3OC)C2c2ccco2)cc1OC. The van der Waals surface area contributed by atoms with Crippen LogP contribution in [0.25, 0.3) is 5.76 Å². The number of methoxy groups -OCH3 is 3. The van der Waals surface area contributed by atoms with Crippen molar-refractivity contribution in [1.82, 2.24) is 0 Å². The van der Waals surface area contributed by atoms with Crippen molar-refractivity contribution in [2.24, 2.45) is 0 Å². The van der Waals surface area contributed by atoms with Crippen LogP contribution in [-0.4, -0.2) is 38.1 Å². The molecule has 1 amide bonds. The largest absolute Gasteiger partial charge is 0.507 e. The molecule has 2 heterocycles. The van der Waals surface area contributed by atoms with Crippen molar-refractivity contribution < 1.29 is 33.3 Å². The number of ether oxygens (including phenoxy) is 3. The number of aliphatic hydroxyl groups excluding tert-OH is 1. The Kier molecular flexibility index (Phi) is 6.26. The van der Waals surface area contributed by atoms with Gasteiger partial charge in [-0.2, -0.15) is 0 Å². The van der Waals surface area contributed by atoms with Crippen LogP contribution < -0.4 is 19.1 Å². The van der Waals surface area contributed by atoms with Crippen molar-refractivity contribution in [3.05, 3.63) is 76.2 Å². The van der Waals surface area contributed by atoms with Crippen molar-refractivity contribution in [3.8, 4) is 17.2 Å². The van der Waals surface area contributed by atoms with Crippen LogP contribution in [0.1, 0.15) is 22.9 Å². The maximum atomic E-state index is 13.3. The lowest BCUT2D eigenvalue weighted by Crippen LogP contribution is -2.29. The number of ketones is 1. The number of Topliss-reactive ketones (excluding diaryl/α,β-unsaturated/α-hetero) is 1. The van der Waals surface area contributed by atoms with Crippen molar-refractivity contribution in [2.45, 2.75) is 13.0 Å². The van der Waals surface area contributed by atoms with E-state index in [1.165, 1.54) is 32.5 Å². The molecule has 0 aliphatic carbocycles. The van der Waals surface area contributed by atoms with E-state index in [2.05, 4.69) is 0 Å². The minimum atomic E-state index is -1.04. The number of carbonyl (C=O) groups excluding carboxylic acids is 2. The maximum absolute atomic E-state index is 13.3. The summed E-state index contributed by atoms with van der Waals surface area (Å²) in [6, 6.07) is 10.3. The summed E-state index contributed by atoms with van der Waals surface area (Å²) in [5.41, 5.74) is 1.12. The lowest BCUT2D eigenvalue weighted by molar-refractivity contribution is -0.132. The summed E-state index contributed by atoms with van der Waals surface area (Å²) in [7, 11) is 4.36. The molecule has 1 atom stereocenters. The molecule has 1 fully saturated rings. The highest BCUT2D eigenvalue weighted by molar-refractivity contribution is 6.51. The third-order valence-electron chi connectivity index (χ3n) is 5.55. The lowest BCUT2D eigenvalue weighted by Gasteiger charge is -2.24. The van der Waals surface area contributed by atoms with E-state index in [1.807, 2.05) is 0 Å². The van der Waals surface area contributed by atoms with E-state index in [9.17, 15) is 14.7 Å². The summed E-state index contributed by atoms with van der Waals surface area (Å²) >= 11 is 6.31. The van der Waals surface area contributed by atoms with E-state index in [0.29, 0.717) is 17.2 Å². The summed E-state index contributed by atoms with van der Waals surface area (Å²) in [4.78, 5) is 27.8. The molecule has 2 aromatic carbocycles. The summed E-state index contributed by atoms with van der Waals surface area (Å²) < 4.78 is 21.6. The average Bonchev–Trinajstić information content (AvgIpc) is 3.44. The quantitative estimate of drug-likeness (QED) is 0.302. The minimum absolute atomic E-state index is 0.158. The number of aryl methyl sites for hydroxylation is 1. The van der Waals surface area contributed by atoms with Crippen LogP contribution in [0.5, 0.6) is 17.2 Å². The van der Waals surface area contributed by atoms with Crippen LogP contribution in [-0.2, 0) is 9.59 Å².